The van der Waals surface area contributed by atoms with E-state index in [1.165, 1.54) is 0 Å². The number of rotatable bonds is 4. The van der Waals surface area contributed by atoms with E-state index in [-0.39, 0.29) is 6.54 Å². The third-order valence-corrected chi connectivity index (χ3v) is 3.09. The van der Waals surface area contributed by atoms with Crippen LogP contribution in [0.25, 0.3) is 11.0 Å². The maximum atomic E-state index is 12.1. The normalized spacial score (nSPS) is 16.2. The standard InChI is InChI=1S/C12H13F3N4/c13-12(14,15)7-17-6-11-18-9-5-16-4-3-10(9)19(11)8-1-2-8/h3-5,8,17H,1-2,6-7H2. The number of alkyl halides is 3. The monoisotopic (exact) mass is 270 g/mol. The Labute approximate surface area is 107 Å². The van der Waals surface area contributed by atoms with Crippen molar-refractivity contribution in [3.63, 3.8) is 0 Å². The summed E-state index contributed by atoms with van der Waals surface area (Å²) >= 11 is 0. The predicted molar refractivity (Wildman–Crippen MR) is 63.6 cm³/mol. The van der Waals surface area contributed by atoms with E-state index >= 15 is 0 Å². The topological polar surface area (TPSA) is 42.7 Å². The lowest BCUT2D eigenvalue weighted by Crippen LogP contribution is -2.29. The lowest BCUT2D eigenvalue weighted by atomic mass is 10.4. The van der Waals surface area contributed by atoms with E-state index in [1.54, 1.807) is 12.4 Å². The molecule has 1 aliphatic rings. The molecule has 0 saturated heterocycles. The van der Waals surface area contributed by atoms with Gasteiger partial charge in [0.2, 0.25) is 0 Å². The third kappa shape index (κ3) is 2.70. The molecule has 0 bridgehead atoms. The Morgan fingerprint density at radius 1 is 1.37 bits per heavy atom. The number of nitrogens with one attached hydrogen (secondary N) is 1. The van der Waals surface area contributed by atoms with E-state index < -0.39 is 12.7 Å². The molecule has 0 unspecified atom stereocenters. The molecule has 1 saturated carbocycles. The van der Waals surface area contributed by atoms with Gasteiger partial charge in [0.1, 0.15) is 11.3 Å². The minimum absolute atomic E-state index is 0.116. The summed E-state index contributed by atoms with van der Waals surface area (Å²) in [6.07, 6.45) is 1.23. The molecule has 2 heterocycles. The molecule has 4 nitrogen and oxygen atoms in total. The van der Waals surface area contributed by atoms with Crippen LogP contribution >= 0.6 is 0 Å². The van der Waals surface area contributed by atoms with E-state index in [0.29, 0.717) is 11.9 Å². The fraction of sp³-hybridized carbons (Fsp3) is 0.500. The number of aromatic nitrogens is 3. The van der Waals surface area contributed by atoms with E-state index in [9.17, 15) is 13.2 Å². The largest absolute Gasteiger partial charge is 0.401 e. The van der Waals surface area contributed by atoms with Gasteiger partial charge in [0.05, 0.1) is 24.8 Å². The second-order valence-electron chi connectivity index (χ2n) is 4.71. The highest BCUT2D eigenvalue weighted by molar-refractivity contribution is 5.75. The summed E-state index contributed by atoms with van der Waals surface area (Å²) in [5.74, 6) is 0.648. The van der Waals surface area contributed by atoms with Gasteiger partial charge in [-0.15, -0.1) is 0 Å². The van der Waals surface area contributed by atoms with Crippen molar-refractivity contribution in [2.24, 2.45) is 0 Å². The molecule has 102 valence electrons. The number of imidazole rings is 1. The Morgan fingerprint density at radius 3 is 2.84 bits per heavy atom. The first-order chi connectivity index (χ1) is 9.04. The molecule has 2 aromatic heterocycles. The number of pyridine rings is 1. The van der Waals surface area contributed by atoms with Crippen LogP contribution in [0.5, 0.6) is 0 Å². The van der Waals surface area contributed by atoms with Crippen LogP contribution in [0.4, 0.5) is 13.2 Å². The fourth-order valence-corrected chi connectivity index (χ4v) is 2.18. The number of halogens is 3. The van der Waals surface area contributed by atoms with Crippen molar-refractivity contribution >= 4 is 11.0 Å². The first-order valence-corrected chi connectivity index (χ1v) is 6.13. The zero-order valence-corrected chi connectivity index (χ0v) is 10.1. The molecule has 0 aliphatic heterocycles. The van der Waals surface area contributed by atoms with Gasteiger partial charge in [-0.1, -0.05) is 0 Å². The molecule has 0 radical (unpaired) electrons. The van der Waals surface area contributed by atoms with Crippen LogP contribution in [-0.4, -0.2) is 27.3 Å². The highest BCUT2D eigenvalue weighted by Gasteiger charge is 2.29. The maximum absolute atomic E-state index is 12.1. The van der Waals surface area contributed by atoms with E-state index in [1.807, 2.05) is 10.6 Å². The van der Waals surface area contributed by atoms with Crippen molar-refractivity contribution in [2.45, 2.75) is 31.6 Å². The molecular weight excluding hydrogens is 257 g/mol. The summed E-state index contributed by atoms with van der Waals surface area (Å²) in [5.41, 5.74) is 1.68. The summed E-state index contributed by atoms with van der Waals surface area (Å²) < 4.78 is 38.4. The minimum Gasteiger partial charge on any atom is -0.324 e. The second kappa shape index (κ2) is 4.48. The molecule has 0 aromatic carbocycles. The number of hydrogen-bond acceptors (Lipinski definition) is 3. The van der Waals surface area contributed by atoms with Crippen LogP contribution < -0.4 is 5.32 Å². The first-order valence-electron chi connectivity index (χ1n) is 6.13. The lowest BCUT2D eigenvalue weighted by Gasteiger charge is -2.10. The van der Waals surface area contributed by atoms with Crippen molar-refractivity contribution in [1.82, 2.24) is 19.9 Å². The number of hydrogen-bond donors (Lipinski definition) is 1. The molecule has 19 heavy (non-hydrogen) atoms. The van der Waals surface area contributed by atoms with Gasteiger partial charge >= 0.3 is 6.18 Å². The highest BCUT2D eigenvalue weighted by Crippen LogP contribution is 2.38. The summed E-state index contributed by atoms with van der Waals surface area (Å²) in [5, 5.41) is 2.40. The molecule has 3 rings (SSSR count). The average molecular weight is 270 g/mol. The summed E-state index contributed by atoms with van der Waals surface area (Å²) in [7, 11) is 0. The molecule has 1 fully saturated rings. The molecule has 0 atom stereocenters. The molecule has 0 amide bonds. The van der Waals surface area contributed by atoms with Gasteiger partial charge in [0.15, 0.2) is 0 Å². The van der Waals surface area contributed by atoms with Crippen molar-refractivity contribution in [2.75, 3.05) is 6.54 Å². The van der Waals surface area contributed by atoms with Crippen molar-refractivity contribution < 1.29 is 13.2 Å². The van der Waals surface area contributed by atoms with Crippen LogP contribution in [-0.2, 0) is 6.54 Å². The van der Waals surface area contributed by atoms with Crippen LogP contribution in [0.1, 0.15) is 24.7 Å². The molecule has 0 spiro atoms. The Hall–Kier alpha value is -1.63. The molecule has 7 heteroatoms. The van der Waals surface area contributed by atoms with Gasteiger partial charge in [0.25, 0.3) is 0 Å². The molecule has 1 aliphatic carbocycles. The zero-order chi connectivity index (χ0) is 13.5. The van der Waals surface area contributed by atoms with Gasteiger partial charge in [-0.2, -0.15) is 13.2 Å². The minimum atomic E-state index is -4.20. The Morgan fingerprint density at radius 2 is 2.16 bits per heavy atom. The van der Waals surface area contributed by atoms with Crippen LogP contribution in [0.15, 0.2) is 18.5 Å². The predicted octanol–water partition coefficient (Wildman–Crippen LogP) is 2.42. The molecular formula is C12H13F3N4. The van der Waals surface area contributed by atoms with Gasteiger partial charge < -0.3 is 9.88 Å². The fourth-order valence-electron chi connectivity index (χ4n) is 2.18. The number of fused-ring (bicyclic) bond motifs is 1. The van der Waals surface area contributed by atoms with Gasteiger partial charge in [-0.3, -0.25) is 4.98 Å². The SMILES string of the molecule is FC(F)(F)CNCc1nc2cnccc2n1C1CC1. The van der Waals surface area contributed by atoms with E-state index in [4.69, 9.17) is 0 Å². The van der Waals surface area contributed by atoms with Crippen LogP contribution in [0.2, 0.25) is 0 Å². The summed E-state index contributed by atoms with van der Waals surface area (Å²) in [6, 6.07) is 2.23. The van der Waals surface area contributed by atoms with Gasteiger partial charge in [-0.25, -0.2) is 4.98 Å². The zero-order valence-electron chi connectivity index (χ0n) is 10.1. The second-order valence-corrected chi connectivity index (χ2v) is 4.71. The highest BCUT2D eigenvalue weighted by atomic mass is 19.4. The maximum Gasteiger partial charge on any atom is 0.401 e. The molecule has 2 aromatic rings. The Kier molecular flexibility index (Phi) is 2.93. The lowest BCUT2D eigenvalue weighted by molar-refractivity contribution is -0.125. The third-order valence-electron chi connectivity index (χ3n) is 3.09. The Bertz CT molecular complexity index is 586. The van der Waals surface area contributed by atoms with E-state index in [0.717, 1.165) is 23.9 Å². The molecule has 1 N–H and O–H groups in total. The van der Waals surface area contributed by atoms with Crippen molar-refractivity contribution in [3.05, 3.63) is 24.3 Å². The van der Waals surface area contributed by atoms with Crippen molar-refractivity contribution in [3.8, 4) is 0 Å². The number of nitrogens with zero attached hydrogens (tertiary/aromatic N) is 3. The first kappa shape index (κ1) is 12.4. The summed E-state index contributed by atoms with van der Waals surface area (Å²) in [4.78, 5) is 8.35. The van der Waals surface area contributed by atoms with Crippen molar-refractivity contribution in [1.29, 1.82) is 0 Å². The van der Waals surface area contributed by atoms with Gasteiger partial charge in [0, 0.05) is 12.2 Å². The quantitative estimate of drug-likeness (QED) is 0.927. The smallest absolute Gasteiger partial charge is 0.324 e. The van der Waals surface area contributed by atoms with Crippen LogP contribution in [0, 0.1) is 0 Å². The van der Waals surface area contributed by atoms with Crippen LogP contribution in [0.3, 0.4) is 0 Å². The summed E-state index contributed by atoms with van der Waals surface area (Å²) in [6.45, 7) is -0.885. The van der Waals surface area contributed by atoms with Gasteiger partial charge in [-0.05, 0) is 18.9 Å². The average Bonchev–Trinajstić information content (AvgIpc) is 3.09. The van der Waals surface area contributed by atoms with E-state index in [2.05, 4.69) is 15.3 Å². The Balaban J connectivity index is 1.84.